The normalized spacial score (nSPS) is 23.4. The van der Waals surface area contributed by atoms with Gasteiger partial charge in [-0.25, -0.2) is 5.09 Å². The van der Waals surface area contributed by atoms with Crippen molar-refractivity contribution in [3.05, 3.63) is 0 Å². The summed E-state index contributed by atoms with van der Waals surface area (Å²) >= 11 is 0. The number of carboxylic acid groups (broad SMARTS) is 2. The molecule has 116 valence electrons. The van der Waals surface area contributed by atoms with Crippen LogP contribution in [0, 0.1) is 0 Å². The second-order valence-electron chi connectivity index (χ2n) is 4.94. The molecule has 1 heterocycles. The van der Waals surface area contributed by atoms with Gasteiger partial charge in [-0.1, -0.05) is 0 Å². The van der Waals surface area contributed by atoms with Crippen LogP contribution in [0.4, 0.5) is 0 Å². The smallest absolute Gasteiger partial charge is 0.304 e. The van der Waals surface area contributed by atoms with Gasteiger partial charge in [-0.3, -0.25) is 14.2 Å². The van der Waals surface area contributed by atoms with Gasteiger partial charge in [-0.2, -0.15) is 0 Å². The van der Waals surface area contributed by atoms with E-state index in [0.717, 1.165) is 6.42 Å². The van der Waals surface area contributed by atoms with Crippen molar-refractivity contribution in [2.45, 2.75) is 50.4 Å². The highest BCUT2D eigenvalue weighted by Crippen LogP contribution is 2.46. The molecule has 1 aliphatic rings. The summed E-state index contributed by atoms with van der Waals surface area (Å²) in [5, 5.41) is 19.7. The Bertz CT molecular complexity index is 392. The van der Waals surface area contributed by atoms with Crippen LogP contribution < -0.4 is 5.09 Å². The van der Waals surface area contributed by atoms with Gasteiger partial charge in [-0.05, 0) is 19.8 Å². The minimum absolute atomic E-state index is 0.367. The van der Waals surface area contributed by atoms with E-state index in [1.807, 2.05) is 0 Å². The molecule has 0 aromatic carbocycles. The number of hydrogen-bond acceptors (Lipinski definition) is 4. The summed E-state index contributed by atoms with van der Waals surface area (Å²) in [5.74, 6) is -2.46. The quantitative estimate of drug-likeness (QED) is 0.480. The van der Waals surface area contributed by atoms with Crippen LogP contribution in [0.25, 0.3) is 0 Å². The highest BCUT2D eigenvalue weighted by molar-refractivity contribution is 7.56. The molecule has 20 heavy (non-hydrogen) atoms. The lowest BCUT2D eigenvalue weighted by molar-refractivity contribution is -0.139. The van der Waals surface area contributed by atoms with Crippen molar-refractivity contribution in [2.24, 2.45) is 0 Å². The molecule has 4 N–H and O–H groups in total. The predicted molar refractivity (Wildman–Crippen MR) is 69.7 cm³/mol. The number of aliphatic carboxylic acids is 2. The van der Waals surface area contributed by atoms with Crippen LogP contribution in [0.3, 0.4) is 0 Å². The van der Waals surface area contributed by atoms with Crippen LogP contribution in [-0.2, 0) is 18.9 Å². The van der Waals surface area contributed by atoms with Gasteiger partial charge in [0.2, 0.25) is 0 Å². The van der Waals surface area contributed by atoms with Gasteiger partial charge < -0.3 is 19.8 Å². The Balaban J connectivity index is 2.70. The first-order chi connectivity index (χ1) is 9.22. The molecule has 3 atom stereocenters. The van der Waals surface area contributed by atoms with Gasteiger partial charge in [0.05, 0.1) is 24.6 Å². The third kappa shape index (κ3) is 5.20. The fraction of sp³-hybridized carbons (Fsp3) is 0.818. The number of carboxylic acids is 2. The summed E-state index contributed by atoms with van der Waals surface area (Å²) in [7, 11) is -3.90. The molecule has 0 bridgehead atoms. The van der Waals surface area contributed by atoms with E-state index < -0.39 is 44.0 Å². The fourth-order valence-electron chi connectivity index (χ4n) is 2.17. The molecule has 0 spiro atoms. The zero-order valence-corrected chi connectivity index (χ0v) is 12.1. The second-order valence-corrected chi connectivity index (χ2v) is 7.26. The lowest BCUT2D eigenvalue weighted by Gasteiger charge is -2.27. The molecule has 3 unspecified atom stereocenters. The van der Waals surface area contributed by atoms with Gasteiger partial charge >= 0.3 is 11.9 Å². The number of nitrogens with one attached hydrogen (secondary N) is 1. The Morgan fingerprint density at radius 2 is 1.90 bits per heavy atom. The topological polar surface area (TPSA) is 133 Å². The summed E-state index contributed by atoms with van der Waals surface area (Å²) in [6.45, 7) is 2.07. The molecule has 1 rings (SSSR count). The average Bonchev–Trinajstić information content (AvgIpc) is 2.78. The Labute approximate surface area is 116 Å². The van der Waals surface area contributed by atoms with Gasteiger partial charge in [0.1, 0.15) is 0 Å². The first-order valence-corrected chi connectivity index (χ1v) is 8.10. The van der Waals surface area contributed by atoms with Crippen LogP contribution in [0.2, 0.25) is 0 Å². The highest BCUT2D eigenvalue weighted by atomic mass is 31.2. The van der Waals surface area contributed by atoms with Crippen LogP contribution in [-0.4, -0.2) is 51.5 Å². The summed E-state index contributed by atoms with van der Waals surface area (Å²) in [5.41, 5.74) is -0.713. The summed E-state index contributed by atoms with van der Waals surface area (Å²) in [4.78, 5) is 31.4. The third-order valence-electron chi connectivity index (χ3n) is 3.26. The summed E-state index contributed by atoms with van der Waals surface area (Å²) in [6, 6.07) is -1.09. The molecule has 9 heteroatoms. The Morgan fingerprint density at radius 1 is 1.35 bits per heavy atom. The lowest BCUT2D eigenvalue weighted by Crippen LogP contribution is -2.36. The highest BCUT2D eigenvalue weighted by Gasteiger charge is 2.38. The standard InChI is InChI=1S/C11H20NO7P/c1-7(9-3-2-4-19-9)20(17,18)12-8(5-10(13)14)6-11(15)16/h7-9H,2-6H2,1H3,(H,13,14)(H,15,16)(H2,12,17,18). The maximum absolute atomic E-state index is 12.3. The first-order valence-electron chi connectivity index (χ1n) is 6.38. The molecule has 0 radical (unpaired) electrons. The van der Waals surface area contributed by atoms with Crippen molar-refractivity contribution in [1.82, 2.24) is 5.09 Å². The van der Waals surface area contributed by atoms with Gasteiger partial charge in [0.25, 0.3) is 7.52 Å². The monoisotopic (exact) mass is 309 g/mol. The zero-order chi connectivity index (χ0) is 15.3. The SMILES string of the molecule is CC(C1CCCO1)P(=O)(O)NC(CC(=O)O)CC(=O)O. The molecule has 1 saturated heterocycles. The molecular weight excluding hydrogens is 289 g/mol. The van der Waals surface area contributed by atoms with E-state index in [0.29, 0.717) is 13.0 Å². The van der Waals surface area contributed by atoms with Crippen molar-refractivity contribution in [3.8, 4) is 0 Å². The lowest BCUT2D eigenvalue weighted by atomic mass is 10.1. The van der Waals surface area contributed by atoms with Gasteiger partial charge in [0.15, 0.2) is 0 Å². The minimum atomic E-state index is -3.90. The Hall–Kier alpha value is -0.950. The minimum Gasteiger partial charge on any atom is -0.481 e. The van der Waals surface area contributed by atoms with Crippen LogP contribution >= 0.6 is 7.52 Å². The fourth-order valence-corrected chi connectivity index (χ4v) is 3.80. The predicted octanol–water partition coefficient (Wildman–Crippen LogP) is 0.647. The maximum atomic E-state index is 12.3. The largest absolute Gasteiger partial charge is 0.481 e. The second kappa shape index (κ2) is 7.17. The zero-order valence-electron chi connectivity index (χ0n) is 11.2. The molecule has 0 aromatic rings. The van der Waals surface area contributed by atoms with E-state index in [4.69, 9.17) is 14.9 Å². The molecule has 0 amide bonds. The summed E-state index contributed by atoms with van der Waals surface area (Å²) < 4.78 is 17.6. The average molecular weight is 309 g/mol. The Morgan fingerprint density at radius 3 is 2.30 bits per heavy atom. The maximum Gasteiger partial charge on any atom is 0.304 e. The Kier molecular flexibility index (Phi) is 6.13. The van der Waals surface area contributed by atoms with Crippen LogP contribution in [0.1, 0.15) is 32.6 Å². The van der Waals surface area contributed by atoms with Gasteiger partial charge in [0, 0.05) is 12.6 Å². The van der Waals surface area contributed by atoms with Gasteiger partial charge in [-0.15, -0.1) is 0 Å². The van der Waals surface area contributed by atoms with Crippen LogP contribution in [0.15, 0.2) is 0 Å². The van der Waals surface area contributed by atoms with E-state index in [9.17, 15) is 19.0 Å². The van der Waals surface area contributed by atoms with E-state index in [1.165, 1.54) is 0 Å². The molecule has 0 aromatic heterocycles. The summed E-state index contributed by atoms with van der Waals surface area (Å²) in [6.07, 6.45) is 0.0386. The first kappa shape index (κ1) is 17.1. The molecular formula is C11H20NO7P. The number of carbonyl (C=O) groups is 2. The van der Waals surface area contributed by atoms with Crippen LogP contribution in [0.5, 0.6) is 0 Å². The number of rotatable bonds is 8. The third-order valence-corrected chi connectivity index (χ3v) is 5.44. The van der Waals surface area contributed by atoms with Crippen molar-refractivity contribution >= 4 is 19.5 Å². The van der Waals surface area contributed by atoms with E-state index in [1.54, 1.807) is 6.92 Å². The van der Waals surface area contributed by atoms with Crippen molar-refractivity contribution in [2.75, 3.05) is 6.61 Å². The van der Waals surface area contributed by atoms with Crippen molar-refractivity contribution in [3.63, 3.8) is 0 Å². The van der Waals surface area contributed by atoms with E-state index in [-0.39, 0.29) is 6.10 Å². The molecule has 1 fully saturated rings. The van der Waals surface area contributed by atoms with E-state index in [2.05, 4.69) is 5.09 Å². The number of hydrogen-bond donors (Lipinski definition) is 4. The molecule has 1 aliphatic heterocycles. The van der Waals surface area contributed by atoms with Crippen molar-refractivity contribution < 1.29 is 34.0 Å². The molecule has 0 aliphatic carbocycles. The molecule has 8 nitrogen and oxygen atoms in total. The number of ether oxygens (including phenoxy) is 1. The van der Waals surface area contributed by atoms with E-state index >= 15 is 0 Å². The molecule has 0 saturated carbocycles. The van der Waals surface area contributed by atoms with Crippen molar-refractivity contribution in [1.29, 1.82) is 0 Å².